The molecule has 1 aliphatic heterocycles. The van der Waals surface area contributed by atoms with Crippen LogP contribution in [0.3, 0.4) is 0 Å². The Balaban J connectivity index is 2.36. The highest BCUT2D eigenvalue weighted by molar-refractivity contribution is 8.00. The van der Waals surface area contributed by atoms with Crippen LogP contribution in [0.2, 0.25) is 0 Å². The third-order valence-electron chi connectivity index (χ3n) is 4.21. The molecule has 1 heterocycles. The van der Waals surface area contributed by atoms with E-state index in [1.165, 1.54) is 22.7 Å². The van der Waals surface area contributed by atoms with Crippen LogP contribution in [-0.2, 0) is 9.53 Å². The summed E-state index contributed by atoms with van der Waals surface area (Å²) in [6, 6.07) is 3.74. The highest BCUT2D eigenvalue weighted by atomic mass is 32.2. The molecule has 2 atom stereocenters. The van der Waals surface area contributed by atoms with E-state index in [4.69, 9.17) is 4.74 Å². The molecule has 1 aromatic rings. The fraction of sp³-hybridized carbons (Fsp3) is 0.556. The van der Waals surface area contributed by atoms with Crippen LogP contribution < -0.4 is 0 Å². The number of rotatable bonds is 6. The maximum Gasteiger partial charge on any atom is 0.329 e. The van der Waals surface area contributed by atoms with Gasteiger partial charge in [-0.3, -0.25) is 14.9 Å². The summed E-state index contributed by atoms with van der Waals surface area (Å²) in [7, 11) is 0. The van der Waals surface area contributed by atoms with Crippen molar-refractivity contribution in [2.24, 2.45) is 5.92 Å². The molecule has 0 bridgehead atoms. The normalized spacial score (nSPS) is 19.7. The van der Waals surface area contributed by atoms with Crippen LogP contribution in [0.1, 0.15) is 43.1 Å². The molecule has 0 radical (unpaired) electrons. The zero-order valence-corrected chi connectivity index (χ0v) is 16.2. The van der Waals surface area contributed by atoms with Gasteiger partial charge in [-0.1, -0.05) is 26.8 Å². The lowest BCUT2D eigenvalue weighted by Crippen LogP contribution is -2.47. The predicted octanol–water partition coefficient (Wildman–Crippen LogP) is 3.40. The van der Waals surface area contributed by atoms with E-state index in [0.717, 1.165) is 0 Å². The topological polar surface area (TPSA) is 89.8 Å². The van der Waals surface area contributed by atoms with Gasteiger partial charge in [0.1, 0.15) is 6.04 Å². The smallest absolute Gasteiger partial charge is 0.329 e. The Labute approximate surface area is 157 Å². The first kappa shape index (κ1) is 20.2. The number of carbonyl (C=O) groups is 2. The largest absolute Gasteiger partial charge is 0.464 e. The molecule has 142 valence electrons. The SMILES string of the molecule is CCCOC(=O)[C@H]1CS[C@H](C(C)C)N1C(=O)c1ccc(C)c([N+](=O)[O-])c1. The zero-order chi connectivity index (χ0) is 19.4. The first-order chi connectivity index (χ1) is 12.3. The van der Waals surface area contributed by atoms with Crippen molar-refractivity contribution in [3.05, 3.63) is 39.4 Å². The molecule has 1 fully saturated rings. The van der Waals surface area contributed by atoms with Crippen LogP contribution in [0.15, 0.2) is 18.2 Å². The van der Waals surface area contributed by atoms with Gasteiger partial charge in [-0.05, 0) is 25.3 Å². The van der Waals surface area contributed by atoms with Gasteiger partial charge < -0.3 is 9.64 Å². The van der Waals surface area contributed by atoms with Gasteiger partial charge in [-0.15, -0.1) is 11.8 Å². The number of benzene rings is 1. The van der Waals surface area contributed by atoms with Crippen LogP contribution in [-0.4, -0.2) is 45.5 Å². The molecule has 0 aliphatic carbocycles. The van der Waals surface area contributed by atoms with Crippen molar-refractivity contribution in [1.82, 2.24) is 4.90 Å². The fourth-order valence-corrected chi connectivity index (χ4v) is 4.33. The number of esters is 1. The standard InChI is InChI=1S/C18H24N2O5S/c1-5-8-25-18(22)15-10-26-17(11(2)3)19(15)16(21)13-7-6-12(4)14(9-13)20(23)24/h6-7,9,11,15,17H,5,8,10H2,1-4H3/t15-,17-/m1/s1. The maximum absolute atomic E-state index is 13.1. The number of aryl methyl sites for hydroxylation is 1. The number of amides is 1. The lowest BCUT2D eigenvalue weighted by Gasteiger charge is -2.30. The molecule has 0 aromatic heterocycles. The Bertz CT molecular complexity index is 707. The third kappa shape index (κ3) is 4.17. The Morgan fingerprint density at radius 3 is 2.69 bits per heavy atom. The van der Waals surface area contributed by atoms with Crippen LogP contribution in [0.25, 0.3) is 0 Å². The van der Waals surface area contributed by atoms with Gasteiger partial charge in [-0.2, -0.15) is 0 Å². The van der Waals surface area contributed by atoms with Crippen molar-refractivity contribution >= 4 is 29.3 Å². The van der Waals surface area contributed by atoms with Crippen molar-refractivity contribution in [3.8, 4) is 0 Å². The van der Waals surface area contributed by atoms with E-state index < -0.39 is 16.9 Å². The molecule has 1 amide bonds. The summed E-state index contributed by atoms with van der Waals surface area (Å²) in [5, 5.41) is 11.0. The second-order valence-corrected chi connectivity index (χ2v) is 7.77. The highest BCUT2D eigenvalue weighted by Crippen LogP contribution is 2.36. The number of hydrogen-bond donors (Lipinski definition) is 0. The maximum atomic E-state index is 13.1. The summed E-state index contributed by atoms with van der Waals surface area (Å²) >= 11 is 1.54. The fourth-order valence-electron chi connectivity index (χ4n) is 2.87. The summed E-state index contributed by atoms with van der Waals surface area (Å²) in [6.45, 7) is 7.80. The monoisotopic (exact) mass is 380 g/mol. The summed E-state index contributed by atoms with van der Waals surface area (Å²) < 4.78 is 5.25. The van der Waals surface area contributed by atoms with E-state index in [-0.39, 0.29) is 28.4 Å². The zero-order valence-electron chi connectivity index (χ0n) is 15.4. The molecule has 1 saturated heterocycles. The van der Waals surface area contributed by atoms with Gasteiger partial charge in [0.2, 0.25) is 0 Å². The third-order valence-corrected chi connectivity index (χ3v) is 5.83. The van der Waals surface area contributed by atoms with E-state index >= 15 is 0 Å². The summed E-state index contributed by atoms with van der Waals surface area (Å²) in [4.78, 5) is 37.7. The molecule has 0 spiro atoms. The lowest BCUT2D eigenvalue weighted by molar-refractivity contribution is -0.385. The summed E-state index contributed by atoms with van der Waals surface area (Å²) in [6.07, 6.45) is 0.706. The summed E-state index contributed by atoms with van der Waals surface area (Å²) in [5.74, 6) is -0.202. The van der Waals surface area contributed by atoms with Crippen molar-refractivity contribution in [1.29, 1.82) is 0 Å². The average molecular weight is 380 g/mol. The van der Waals surface area contributed by atoms with Crippen LogP contribution in [0, 0.1) is 23.0 Å². The molecule has 8 heteroatoms. The average Bonchev–Trinajstić information content (AvgIpc) is 3.04. The van der Waals surface area contributed by atoms with Gasteiger partial charge in [0.15, 0.2) is 0 Å². The van der Waals surface area contributed by atoms with Gasteiger partial charge in [0, 0.05) is 22.9 Å². The Morgan fingerprint density at radius 1 is 1.42 bits per heavy atom. The number of ether oxygens (including phenoxy) is 1. The first-order valence-electron chi connectivity index (χ1n) is 8.63. The molecular weight excluding hydrogens is 356 g/mol. The van der Waals surface area contributed by atoms with Crippen molar-refractivity contribution in [3.63, 3.8) is 0 Å². The van der Waals surface area contributed by atoms with Crippen LogP contribution in [0.4, 0.5) is 5.69 Å². The molecular formula is C18H24N2O5S. The van der Waals surface area contributed by atoms with Gasteiger partial charge in [0.25, 0.3) is 11.6 Å². The number of nitrogens with zero attached hydrogens (tertiary/aromatic N) is 2. The molecule has 0 saturated carbocycles. The molecule has 0 N–H and O–H groups in total. The van der Waals surface area contributed by atoms with Crippen LogP contribution >= 0.6 is 11.8 Å². The van der Waals surface area contributed by atoms with Gasteiger partial charge in [-0.25, -0.2) is 4.79 Å². The molecule has 1 aliphatic rings. The van der Waals surface area contributed by atoms with E-state index in [9.17, 15) is 19.7 Å². The van der Waals surface area contributed by atoms with E-state index in [0.29, 0.717) is 24.3 Å². The Hall–Kier alpha value is -2.09. The number of nitro benzene ring substituents is 1. The minimum absolute atomic E-state index is 0.103. The molecule has 2 rings (SSSR count). The second-order valence-electron chi connectivity index (χ2n) is 6.62. The Kier molecular flexibility index (Phi) is 6.63. The van der Waals surface area contributed by atoms with Crippen molar-refractivity contribution in [2.45, 2.75) is 45.5 Å². The molecule has 0 unspecified atom stereocenters. The van der Waals surface area contributed by atoms with E-state index in [2.05, 4.69) is 0 Å². The van der Waals surface area contributed by atoms with Gasteiger partial charge >= 0.3 is 5.97 Å². The number of carbonyl (C=O) groups excluding carboxylic acids is 2. The number of thioether (sulfide) groups is 1. The second kappa shape index (κ2) is 8.53. The highest BCUT2D eigenvalue weighted by Gasteiger charge is 2.44. The van der Waals surface area contributed by atoms with E-state index in [1.807, 2.05) is 20.8 Å². The Morgan fingerprint density at radius 2 is 2.12 bits per heavy atom. The van der Waals surface area contributed by atoms with E-state index in [1.54, 1.807) is 19.1 Å². The quantitative estimate of drug-likeness (QED) is 0.427. The lowest BCUT2D eigenvalue weighted by atomic mass is 10.1. The molecule has 1 aromatic carbocycles. The molecule has 7 nitrogen and oxygen atoms in total. The van der Waals surface area contributed by atoms with Crippen molar-refractivity contribution < 1.29 is 19.2 Å². The van der Waals surface area contributed by atoms with Crippen LogP contribution in [0.5, 0.6) is 0 Å². The predicted molar refractivity (Wildman–Crippen MR) is 100 cm³/mol. The number of nitro groups is 1. The number of hydrogen-bond acceptors (Lipinski definition) is 6. The minimum atomic E-state index is -0.674. The van der Waals surface area contributed by atoms with Crippen molar-refractivity contribution in [2.75, 3.05) is 12.4 Å². The first-order valence-corrected chi connectivity index (χ1v) is 9.68. The minimum Gasteiger partial charge on any atom is -0.464 e. The van der Waals surface area contributed by atoms with Gasteiger partial charge in [0.05, 0.1) is 16.9 Å². The summed E-state index contributed by atoms with van der Waals surface area (Å²) in [5.41, 5.74) is 0.597. The molecule has 26 heavy (non-hydrogen) atoms.